The normalized spacial score (nSPS) is 34.3. The van der Waals surface area contributed by atoms with Gasteiger partial charge in [0.05, 0.1) is 6.04 Å². The maximum absolute atomic E-state index is 9.83. The number of aliphatic imine (C=N–C) groups is 1. The van der Waals surface area contributed by atoms with Gasteiger partial charge in [0, 0.05) is 43.7 Å². The number of fused-ring (bicyclic) bond motifs is 2. The molecule has 1 saturated heterocycles. The highest BCUT2D eigenvalue weighted by atomic mass is 16.3. The standard InChI is InChI=1S/C18H24N2O2/c1-12-14-8-9-17(16(11-22)15(14)10-21)20(12)18(19-2)13-6-4-3-5-7-13/h3-9,12,14-17,21-22H,10-11H2,1-2H3/t12-,14+,15+,16+,17+/m1/s1. The zero-order chi connectivity index (χ0) is 15.7. The average Bonchev–Trinajstić information content (AvgIpc) is 2.58. The van der Waals surface area contributed by atoms with Gasteiger partial charge in [0.15, 0.2) is 0 Å². The molecule has 1 aromatic rings. The second-order valence-corrected chi connectivity index (χ2v) is 6.21. The van der Waals surface area contributed by atoms with Crippen molar-refractivity contribution in [2.45, 2.75) is 19.0 Å². The summed E-state index contributed by atoms with van der Waals surface area (Å²) in [7, 11) is 1.82. The van der Waals surface area contributed by atoms with Gasteiger partial charge in [0.25, 0.3) is 0 Å². The Hall–Kier alpha value is -1.65. The van der Waals surface area contributed by atoms with Crippen molar-refractivity contribution < 1.29 is 10.2 Å². The molecule has 2 N–H and O–H groups in total. The van der Waals surface area contributed by atoms with E-state index in [9.17, 15) is 10.2 Å². The molecule has 22 heavy (non-hydrogen) atoms. The van der Waals surface area contributed by atoms with E-state index in [2.05, 4.69) is 41.1 Å². The summed E-state index contributed by atoms with van der Waals surface area (Å²) in [6, 6.07) is 10.5. The first-order valence-corrected chi connectivity index (χ1v) is 7.93. The maximum atomic E-state index is 9.83. The second kappa shape index (κ2) is 6.23. The van der Waals surface area contributed by atoms with Gasteiger partial charge in [0.2, 0.25) is 0 Å². The van der Waals surface area contributed by atoms with E-state index in [1.165, 1.54) is 0 Å². The Morgan fingerprint density at radius 2 is 1.77 bits per heavy atom. The third-order valence-corrected chi connectivity index (χ3v) is 5.24. The van der Waals surface area contributed by atoms with Crippen molar-refractivity contribution in [1.29, 1.82) is 0 Å². The molecule has 1 aliphatic carbocycles. The van der Waals surface area contributed by atoms with Gasteiger partial charge in [-0.1, -0.05) is 42.5 Å². The minimum Gasteiger partial charge on any atom is -0.396 e. The number of aliphatic hydroxyl groups excluding tert-OH is 2. The number of rotatable bonds is 3. The SMILES string of the molecule is CN=C(c1ccccc1)N1[C@H](C)[C@@H]2C=C[C@H]1[C@@H](CO)[C@H]2CO. The Balaban J connectivity index is 1.99. The Kier molecular flexibility index (Phi) is 4.32. The molecule has 118 valence electrons. The van der Waals surface area contributed by atoms with Gasteiger partial charge in [-0.25, -0.2) is 0 Å². The fourth-order valence-electron chi connectivity index (χ4n) is 4.16. The van der Waals surface area contributed by atoms with Gasteiger partial charge in [-0.3, -0.25) is 4.99 Å². The van der Waals surface area contributed by atoms with Gasteiger partial charge >= 0.3 is 0 Å². The number of hydrogen-bond donors (Lipinski definition) is 2. The zero-order valence-corrected chi connectivity index (χ0v) is 13.1. The van der Waals surface area contributed by atoms with E-state index in [1.807, 2.05) is 25.2 Å². The number of benzene rings is 1. The van der Waals surface area contributed by atoms with Crippen molar-refractivity contribution in [3.8, 4) is 0 Å². The summed E-state index contributed by atoms with van der Waals surface area (Å²) in [4.78, 5) is 6.85. The predicted octanol–water partition coefficient (Wildman–Crippen LogP) is 1.54. The van der Waals surface area contributed by atoms with Crippen LogP contribution in [-0.2, 0) is 0 Å². The third-order valence-electron chi connectivity index (χ3n) is 5.24. The molecule has 0 radical (unpaired) electrons. The first-order chi connectivity index (χ1) is 10.7. The second-order valence-electron chi connectivity index (χ2n) is 6.21. The van der Waals surface area contributed by atoms with Crippen LogP contribution in [-0.4, -0.2) is 53.3 Å². The van der Waals surface area contributed by atoms with Crippen molar-refractivity contribution in [3.63, 3.8) is 0 Å². The topological polar surface area (TPSA) is 56.1 Å². The van der Waals surface area contributed by atoms with Crippen LogP contribution in [0.5, 0.6) is 0 Å². The van der Waals surface area contributed by atoms with Crippen LogP contribution in [0.2, 0.25) is 0 Å². The van der Waals surface area contributed by atoms with Gasteiger partial charge in [-0.15, -0.1) is 0 Å². The molecule has 0 amide bonds. The molecule has 3 aliphatic rings. The van der Waals surface area contributed by atoms with Crippen LogP contribution in [0.15, 0.2) is 47.5 Å². The molecule has 1 aromatic carbocycles. The van der Waals surface area contributed by atoms with Crippen LogP contribution in [0.3, 0.4) is 0 Å². The van der Waals surface area contributed by atoms with Crippen molar-refractivity contribution in [2.24, 2.45) is 22.7 Å². The van der Waals surface area contributed by atoms with Gasteiger partial charge in [-0.05, 0) is 12.8 Å². The lowest BCUT2D eigenvalue weighted by Crippen LogP contribution is -2.63. The highest BCUT2D eigenvalue weighted by molar-refractivity contribution is 5.99. The molecular weight excluding hydrogens is 276 g/mol. The minimum atomic E-state index is 0.0525. The predicted molar refractivity (Wildman–Crippen MR) is 87.8 cm³/mol. The first kappa shape index (κ1) is 15.3. The van der Waals surface area contributed by atoms with E-state index in [0.29, 0.717) is 0 Å². The number of amidine groups is 1. The number of piperidine rings is 1. The number of hydrogen-bond acceptors (Lipinski definition) is 3. The summed E-state index contributed by atoms with van der Waals surface area (Å²) in [6.07, 6.45) is 4.38. The van der Waals surface area contributed by atoms with Gasteiger partial charge in [0.1, 0.15) is 5.84 Å². The molecule has 4 rings (SSSR count). The molecule has 2 bridgehead atoms. The Morgan fingerprint density at radius 3 is 2.36 bits per heavy atom. The highest BCUT2D eigenvalue weighted by Gasteiger charge is 2.49. The summed E-state index contributed by atoms with van der Waals surface area (Å²) in [5.41, 5.74) is 1.09. The van der Waals surface area contributed by atoms with Crippen molar-refractivity contribution in [2.75, 3.05) is 20.3 Å². The summed E-state index contributed by atoms with van der Waals surface area (Å²) in [6.45, 7) is 2.40. The fraction of sp³-hybridized carbons (Fsp3) is 0.500. The Morgan fingerprint density at radius 1 is 1.09 bits per heavy atom. The minimum absolute atomic E-state index is 0.0525. The molecular formula is C18H24N2O2. The molecule has 4 nitrogen and oxygen atoms in total. The molecule has 5 atom stereocenters. The van der Waals surface area contributed by atoms with Crippen molar-refractivity contribution >= 4 is 5.84 Å². The molecule has 1 fully saturated rings. The van der Waals surface area contributed by atoms with E-state index in [1.54, 1.807) is 0 Å². The summed E-state index contributed by atoms with van der Waals surface area (Å²) < 4.78 is 0. The largest absolute Gasteiger partial charge is 0.396 e. The van der Waals surface area contributed by atoms with E-state index < -0.39 is 0 Å². The first-order valence-electron chi connectivity index (χ1n) is 7.93. The van der Waals surface area contributed by atoms with E-state index in [4.69, 9.17) is 0 Å². The number of aliphatic hydroxyl groups is 2. The zero-order valence-electron chi connectivity index (χ0n) is 13.1. The van der Waals surface area contributed by atoms with Gasteiger partial charge < -0.3 is 15.1 Å². The molecule has 4 heteroatoms. The maximum Gasteiger partial charge on any atom is 0.131 e. The van der Waals surface area contributed by atoms with Crippen LogP contribution < -0.4 is 0 Å². The smallest absolute Gasteiger partial charge is 0.131 e. The van der Waals surface area contributed by atoms with E-state index in [-0.39, 0.29) is 43.1 Å². The lowest BCUT2D eigenvalue weighted by atomic mass is 9.66. The molecule has 2 aliphatic heterocycles. The van der Waals surface area contributed by atoms with E-state index >= 15 is 0 Å². The molecule has 0 saturated carbocycles. The summed E-state index contributed by atoms with van der Waals surface area (Å²) in [5, 5.41) is 19.6. The van der Waals surface area contributed by atoms with Crippen LogP contribution in [0.25, 0.3) is 0 Å². The summed E-state index contributed by atoms with van der Waals surface area (Å²) in [5.74, 6) is 1.38. The lowest BCUT2D eigenvalue weighted by Gasteiger charge is -2.55. The average molecular weight is 300 g/mol. The fourth-order valence-corrected chi connectivity index (χ4v) is 4.16. The third kappa shape index (κ3) is 2.27. The Bertz CT molecular complexity index is 570. The Labute approximate surface area is 131 Å². The van der Waals surface area contributed by atoms with E-state index in [0.717, 1.165) is 11.4 Å². The summed E-state index contributed by atoms with van der Waals surface area (Å²) >= 11 is 0. The van der Waals surface area contributed by atoms with Crippen LogP contribution in [0.1, 0.15) is 12.5 Å². The van der Waals surface area contributed by atoms with Crippen LogP contribution >= 0.6 is 0 Å². The van der Waals surface area contributed by atoms with Crippen molar-refractivity contribution in [3.05, 3.63) is 48.0 Å². The molecule has 2 heterocycles. The number of nitrogens with zero attached hydrogens (tertiary/aromatic N) is 2. The molecule has 0 unspecified atom stereocenters. The van der Waals surface area contributed by atoms with Crippen molar-refractivity contribution in [1.82, 2.24) is 4.90 Å². The quantitative estimate of drug-likeness (QED) is 0.506. The monoisotopic (exact) mass is 300 g/mol. The van der Waals surface area contributed by atoms with Crippen LogP contribution in [0, 0.1) is 17.8 Å². The molecule has 0 spiro atoms. The van der Waals surface area contributed by atoms with Crippen LogP contribution in [0.4, 0.5) is 0 Å². The van der Waals surface area contributed by atoms with Gasteiger partial charge in [-0.2, -0.15) is 0 Å². The molecule has 0 aromatic heterocycles. The lowest BCUT2D eigenvalue weighted by molar-refractivity contribution is -0.0221. The highest BCUT2D eigenvalue weighted by Crippen LogP contribution is 2.43.